The van der Waals surface area contributed by atoms with E-state index in [0.717, 1.165) is 10.1 Å². The molecule has 0 fully saturated rings. The number of aromatic nitrogens is 2. The van der Waals surface area contributed by atoms with Crippen LogP contribution in [0.15, 0.2) is 63.5 Å². The number of carbonyl (C=O) groups excluding carboxylic acids is 1. The lowest BCUT2D eigenvalue weighted by Gasteiger charge is -2.14. The Morgan fingerprint density at radius 2 is 1.81 bits per heavy atom. The molecule has 2 aromatic carbocycles. The van der Waals surface area contributed by atoms with Gasteiger partial charge in [0.1, 0.15) is 17.1 Å². The number of anilines is 1. The lowest BCUT2D eigenvalue weighted by Crippen LogP contribution is -2.40. The van der Waals surface area contributed by atoms with Gasteiger partial charge in [0.2, 0.25) is 5.91 Å². The van der Waals surface area contributed by atoms with Gasteiger partial charge >= 0.3 is 5.69 Å². The molecule has 32 heavy (non-hydrogen) atoms. The smallest absolute Gasteiger partial charge is 0.325 e. The summed E-state index contributed by atoms with van der Waals surface area (Å²) in [5, 5.41) is 4.50. The van der Waals surface area contributed by atoms with Gasteiger partial charge in [0, 0.05) is 5.69 Å². The molecule has 0 radical (unpaired) electrons. The molecule has 0 bridgehead atoms. The molecule has 0 saturated heterocycles. The number of rotatable bonds is 5. The number of aryl methyl sites for hydroxylation is 1. The van der Waals surface area contributed by atoms with Crippen LogP contribution in [0.3, 0.4) is 0 Å². The molecule has 0 aliphatic heterocycles. The predicted octanol–water partition coefficient (Wildman–Crippen LogP) is 4.42. The Bertz CT molecular complexity index is 1430. The summed E-state index contributed by atoms with van der Waals surface area (Å²) < 4.78 is 16.2. The highest BCUT2D eigenvalue weighted by Crippen LogP contribution is 2.19. The second-order valence-electron chi connectivity index (χ2n) is 7.90. The van der Waals surface area contributed by atoms with E-state index >= 15 is 0 Å². The summed E-state index contributed by atoms with van der Waals surface area (Å²) in [4.78, 5) is 39.1. The van der Waals surface area contributed by atoms with E-state index in [-0.39, 0.29) is 12.2 Å². The summed E-state index contributed by atoms with van der Waals surface area (Å²) >= 11 is 1.19. The molecule has 2 aromatic heterocycles. The molecular weight excluding hydrogens is 429 g/mol. The maximum Gasteiger partial charge on any atom is 0.336 e. The van der Waals surface area contributed by atoms with Gasteiger partial charge in [-0.15, -0.1) is 11.3 Å². The molecule has 0 aliphatic rings. The van der Waals surface area contributed by atoms with E-state index < -0.39 is 23.0 Å². The minimum Gasteiger partial charge on any atom is -0.325 e. The lowest BCUT2D eigenvalue weighted by atomic mass is 10.0. The van der Waals surface area contributed by atoms with Crippen LogP contribution in [0, 0.1) is 12.7 Å². The van der Waals surface area contributed by atoms with Crippen molar-refractivity contribution in [1.82, 2.24) is 9.13 Å². The first-order valence-electron chi connectivity index (χ1n) is 10.2. The van der Waals surface area contributed by atoms with Gasteiger partial charge in [0.25, 0.3) is 5.56 Å². The van der Waals surface area contributed by atoms with Crippen LogP contribution in [0.5, 0.6) is 0 Å². The first-order valence-corrected chi connectivity index (χ1v) is 11.0. The average Bonchev–Trinajstić information content (AvgIpc) is 3.23. The van der Waals surface area contributed by atoms with Crippen LogP contribution in [0.1, 0.15) is 30.9 Å². The van der Waals surface area contributed by atoms with E-state index in [4.69, 9.17) is 0 Å². The van der Waals surface area contributed by atoms with Crippen molar-refractivity contribution in [3.05, 3.63) is 91.7 Å². The molecule has 8 heteroatoms. The maximum atomic E-state index is 13.6. The first kappa shape index (κ1) is 21.7. The van der Waals surface area contributed by atoms with E-state index in [0.29, 0.717) is 27.4 Å². The van der Waals surface area contributed by atoms with Gasteiger partial charge in [-0.1, -0.05) is 26.0 Å². The number of hydrogen-bond donors (Lipinski definition) is 1. The van der Waals surface area contributed by atoms with E-state index in [1.54, 1.807) is 18.4 Å². The summed E-state index contributed by atoms with van der Waals surface area (Å²) in [6.07, 6.45) is 0. The molecule has 0 saturated carbocycles. The van der Waals surface area contributed by atoms with E-state index in [2.05, 4.69) is 19.2 Å². The average molecular weight is 452 g/mol. The molecule has 6 nitrogen and oxygen atoms in total. The number of thiophene rings is 1. The Morgan fingerprint density at radius 1 is 1.09 bits per heavy atom. The number of nitrogens with zero attached hydrogens (tertiary/aromatic N) is 2. The number of benzene rings is 2. The number of carbonyl (C=O) groups is 1. The fraction of sp³-hybridized carbons (Fsp3) is 0.208. The number of fused-ring (bicyclic) bond motifs is 1. The van der Waals surface area contributed by atoms with Gasteiger partial charge in [-0.05, 0) is 65.7 Å². The second-order valence-corrected chi connectivity index (χ2v) is 8.82. The molecule has 0 spiro atoms. The second kappa shape index (κ2) is 8.55. The van der Waals surface area contributed by atoms with Gasteiger partial charge in [-0.2, -0.15) is 0 Å². The minimum atomic E-state index is -0.652. The Kier molecular flexibility index (Phi) is 5.80. The summed E-state index contributed by atoms with van der Waals surface area (Å²) in [6, 6.07) is 13.0. The number of nitrogens with one attached hydrogen (secondary N) is 1. The quantitative estimate of drug-likeness (QED) is 0.488. The molecule has 1 N–H and O–H groups in total. The van der Waals surface area contributed by atoms with E-state index in [9.17, 15) is 18.8 Å². The Labute approximate surface area is 187 Å². The SMILES string of the molecule is Cc1cc(F)ccc1-n1c(=O)c2sccc2n(CC(=O)Nc2ccc(C(C)C)cc2)c1=O. The number of hydrogen-bond acceptors (Lipinski definition) is 4. The first-order chi connectivity index (χ1) is 15.3. The number of halogens is 1. The Hall–Kier alpha value is -3.52. The molecule has 4 rings (SSSR count). The van der Waals surface area contributed by atoms with Crippen molar-refractivity contribution in [1.29, 1.82) is 0 Å². The van der Waals surface area contributed by atoms with Crippen LogP contribution >= 0.6 is 11.3 Å². The van der Waals surface area contributed by atoms with Crippen molar-refractivity contribution >= 4 is 33.1 Å². The summed E-state index contributed by atoms with van der Waals surface area (Å²) in [5.74, 6) is -0.473. The van der Waals surface area contributed by atoms with Gasteiger partial charge in [0.15, 0.2) is 0 Å². The van der Waals surface area contributed by atoms with Crippen molar-refractivity contribution in [3.8, 4) is 5.69 Å². The third kappa shape index (κ3) is 4.01. The van der Waals surface area contributed by atoms with Gasteiger partial charge in [-0.25, -0.2) is 13.8 Å². The standard InChI is InChI=1S/C24H22FN3O3S/c1-14(2)16-4-7-18(8-5-16)26-21(29)13-27-20-10-11-32-22(20)23(30)28(24(27)31)19-9-6-17(25)12-15(19)3/h4-12,14H,13H2,1-3H3,(H,26,29). The van der Waals surface area contributed by atoms with Gasteiger partial charge in [-0.3, -0.25) is 14.2 Å². The van der Waals surface area contributed by atoms with Crippen LogP contribution in [-0.2, 0) is 11.3 Å². The van der Waals surface area contributed by atoms with E-state index in [1.807, 2.05) is 24.3 Å². The third-order valence-corrected chi connectivity index (χ3v) is 6.21. The summed E-state index contributed by atoms with van der Waals surface area (Å²) in [5.41, 5.74) is 1.76. The van der Waals surface area contributed by atoms with Crippen LogP contribution in [0.25, 0.3) is 15.9 Å². The molecule has 164 valence electrons. The highest BCUT2D eigenvalue weighted by atomic mass is 32.1. The molecule has 0 aliphatic carbocycles. The fourth-order valence-corrected chi connectivity index (χ4v) is 4.44. The monoisotopic (exact) mass is 451 g/mol. The van der Waals surface area contributed by atoms with Crippen LogP contribution < -0.4 is 16.6 Å². The van der Waals surface area contributed by atoms with Crippen molar-refractivity contribution in [2.75, 3.05) is 5.32 Å². The maximum absolute atomic E-state index is 13.6. The van der Waals surface area contributed by atoms with Crippen molar-refractivity contribution in [2.45, 2.75) is 33.2 Å². The third-order valence-electron chi connectivity index (χ3n) is 5.32. The molecule has 2 heterocycles. The highest BCUT2D eigenvalue weighted by molar-refractivity contribution is 7.17. The largest absolute Gasteiger partial charge is 0.336 e. The van der Waals surface area contributed by atoms with Crippen molar-refractivity contribution in [3.63, 3.8) is 0 Å². The van der Waals surface area contributed by atoms with Gasteiger partial charge in [0.05, 0.1) is 11.2 Å². The molecule has 0 atom stereocenters. The topological polar surface area (TPSA) is 73.1 Å². The fourth-order valence-electron chi connectivity index (χ4n) is 3.62. The Morgan fingerprint density at radius 3 is 2.47 bits per heavy atom. The van der Waals surface area contributed by atoms with Gasteiger partial charge < -0.3 is 5.32 Å². The highest BCUT2D eigenvalue weighted by Gasteiger charge is 2.19. The van der Waals surface area contributed by atoms with Crippen molar-refractivity contribution in [2.24, 2.45) is 0 Å². The van der Waals surface area contributed by atoms with Crippen LogP contribution in [-0.4, -0.2) is 15.0 Å². The zero-order valence-electron chi connectivity index (χ0n) is 17.9. The number of amides is 1. The predicted molar refractivity (Wildman–Crippen MR) is 126 cm³/mol. The Balaban J connectivity index is 1.74. The molecule has 4 aromatic rings. The minimum absolute atomic E-state index is 0.265. The summed E-state index contributed by atoms with van der Waals surface area (Å²) in [6.45, 7) is 5.53. The van der Waals surface area contributed by atoms with E-state index in [1.165, 1.54) is 34.1 Å². The zero-order chi connectivity index (χ0) is 23.0. The molecular formula is C24H22FN3O3S. The lowest BCUT2D eigenvalue weighted by molar-refractivity contribution is -0.116. The normalized spacial score (nSPS) is 11.3. The zero-order valence-corrected chi connectivity index (χ0v) is 18.7. The van der Waals surface area contributed by atoms with Crippen LogP contribution in [0.2, 0.25) is 0 Å². The molecule has 1 amide bonds. The van der Waals surface area contributed by atoms with Crippen molar-refractivity contribution < 1.29 is 9.18 Å². The van der Waals surface area contributed by atoms with Crippen LogP contribution in [0.4, 0.5) is 10.1 Å². The molecule has 0 unspecified atom stereocenters. The summed E-state index contributed by atoms with van der Waals surface area (Å²) in [7, 11) is 0.